The van der Waals surface area contributed by atoms with E-state index in [0.717, 1.165) is 30.4 Å². The van der Waals surface area contributed by atoms with E-state index in [9.17, 15) is 9.59 Å². The monoisotopic (exact) mass is 335 g/mol. The van der Waals surface area contributed by atoms with Gasteiger partial charge in [0.1, 0.15) is 0 Å². The second kappa shape index (κ2) is 6.31. The van der Waals surface area contributed by atoms with Gasteiger partial charge in [0.2, 0.25) is 5.91 Å². The first-order valence-electron chi connectivity index (χ1n) is 8.73. The van der Waals surface area contributed by atoms with Crippen LogP contribution in [0.1, 0.15) is 41.1 Å². The maximum absolute atomic E-state index is 12.6. The smallest absolute Gasteiger partial charge is 0.253 e. The number of piperidine rings is 1. The lowest BCUT2D eigenvalue weighted by Crippen LogP contribution is -2.52. The van der Waals surface area contributed by atoms with Crippen molar-refractivity contribution in [1.29, 1.82) is 0 Å². The van der Waals surface area contributed by atoms with Gasteiger partial charge in [-0.15, -0.1) is 0 Å². The van der Waals surface area contributed by atoms with Crippen LogP contribution in [0.4, 0.5) is 0 Å². The first-order valence-corrected chi connectivity index (χ1v) is 8.73. The number of hydrogen-bond donors (Lipinski definition) is 1. The number of pyridine rings is 1. The quantitative estimate of drug-likeness (QED) is 0.916. The largest absolute Gasteiger partial charge is 0.350 e. The molecule has 0 aliphatic carbocycles. The Balaban J connectivity index is 1.43. The number of nitrogens with one attached hydrogen (secondary N) is 1. The van der Waals surface area contributed by atoms with E-state index in [0.29, 0.717) is 13.1 Å². The first-order chi connectivity index (χ1) is 12.2. The van der Waals surface area contributed by atoms with Crippen molar-refractivity contribution in [1.82, 2.24) is 15.2 Å². The molecule has 1 spiro atoms. The Labute approximate surface area is 147 Å². The lowest BCUT2D eigenvalue weighted by molar-refractivity contribution is -0.121. The molecule has 2 amide bonds. The van der Waals surface area contributed by atoms with Gasteiger partial charge in [-0.05, 0) is 43.0 Å². The van der Waals surface area contributed by atoms with Gasteiger partial charge in [-0.25, -0.2) is 0 Å². The van der Waals surface area contributed by atoms with Crippen LogP contribution in [0, 0.1) is 0 Å². The highest BCUT2D eigenvalue weighted by Gasteiger charge is 2.46. The maximum Gasteiger partial charge on any atom is 0.253 e. The second-order valence-corrected chi connectivity index (χ2v) is 6.97. The van der Waals surface area contributed by atoms with Gasteiger partial charge in [0.25, 0.3) is 5.91 Å². The van der Waals surface area contributed by atoms with Crippen LogP contribution in [0.3, 0.4) is 0 Å². The molecule has 1 aromatic carbocycles. The fourth-order valence-corrected chi connectivity index (χ4v) is 3.96. The van der Waals surface area contributed by atoms with E-state index in [1.165, 1.54) is 0 Å². The SMILES string of the molecule is O=C1NC2(CCN(C(=O)c3ccccc3)CC2)C[C@H]1c1cccnc1. The molecule has 1 atom stereocenters. The van der Waals surface area contributed by atoms with Crippen molar-refractivity contribution >= 4 is 11.8 Å². The van der Waals surface area contributed by atoms with E-state index < -0.39 is 0 Å². The van der Waals surface area contributed by atoms with E-state index in [1.807, 2.05) is 47.4 Å². The van der Waals surface area contributed by atoms with Crippen molar-refractivity contribution in [3.8, 4) is 0 Å². The van der Waals surface area contributed by atoms with Gasteiger partial charge in [0, 0.05) is 36.6 Å². The minimum atomic E-state index is -0.189. The van der Waals surface area contributed by atoms with Crippen LogP contribution in [-0.4, -0.2) is 40.3 Å². The number of nitrogens with zero attached hydrogens (tertiary/aromatic N) is 2. The van der Waals surface area contributed by atoms with Crippen molar-refractivity contribution in [2.24, 2.45) is 0 Å². The molecule has 128 valence electrons. The third-order valence-electron chi connectivity index (χ3n) is 5.42. The van der Waals surface area contributed by atoms with Crippen LogP contribution in [-0.2, 0) is 4.79 Å². The molecule has 5 nitrogen and oxygen atoms in total. The number of hydrogen-bond acceptors (Lipinski definition) is 3. The fraction of sp³-hybridized carbons (Fsp3) is 0.350. The number of carbonyl (C=O) groups is 2. The summed E-state index contributed by atoms with van der Waals surface area (Å²) in [4.78, 5) is 31.1. The zero-order chi connectivity index (χ0) is 17.3. The Morgan fingerprint density at radius 2 is 1.88 bits per heavy atom. The molecule has 1 N–H and O–H groups in total. The number of likely N-dealkylation sites (tertiary alicyclic amines) is 1. The van der Waals surface area contributed by atoms with Crippen LogP contribution >= 0.6 is 0 Å². The molecule has 2 fully saturated rings. The van der Waals surface area contributed by atoms with Gasteiger partial charge >= 0.3 is 0 Å². The normalized spacial score (nSPS) is 22.0. The van der Waals surface area contributed by atoms with E-state index >= 15 is 0 Å². The lowest BCUT2D eigenvalue weighted by atomic mass is 9.82. The van der Waals surface area contributed by atoms with Gasteiger partial charge in [-0.1, -0.05) is 24.3 Å². The van der Waals surface area contributed by atoms with Crippen molar-refractivity contribution in [3.63, 3.8) is 0 Å². The number of rotatable bonds is 2. The van der Waals surface area contributed by atoms with Gasteiger partial charge in [-0.2, -0.15) is 0 Å². The summed E-state index contributed by atoms with van der Waals surface area (Å²) < 4.78 is 0. The molecule has 3 heterocycles. The summed E-state index contributed by atoms with van der Waals surface area (Å²) in [5.74, 6) is 0.0180. The van der Waals surface area contributed by atoms with Crippen molar-refractivity contribution in [2.45, 2.75) is 30.7 Å². The van der Waals surface area contributed by atoms with Gasteiger partial charge in [-0.3, -0.25) is 14.6 Å². The van der Waals surface area contributed by atoms with E-state index in [-0.39, 0.29) is 23.3 Å². The third-order valence-corrected chi connectivity index (χ3v) is 5.42. The second-order valence-electron chi connectivity index (χ2n) is 6.97. The fourth-order valence-electron chi connectivity index (χ4n) is 3.96. The van der Waals surface area contributed by atoms with E-state index in [2.05, 4.69) is 10.3 Å². The molecule has 1 aromatic heterocycles. The summed E-state index contributed by atoms with van der Waals surface area (Å²) in [6, 6.07) is 13.2. The van der Waals surface area contributed by atoms with Gasteiger partial charge < -0.3 is 10.2 Å². The highest BCUT2D eigenvalue weighted by atomic mass is 16.2. The van der Waals surface area contributed by atoms with Crippen molar-refractivity contribution in [2.75, 3.05) is 13.1 Å². The minimum Gasteiger partial charge on any atom is -0.350 e. The van der Waals surface area contributed by atoms with Crippen molar-refractivity contribution in [3.05, 3.63) is 66.0 Å². The molecular weight excluding hydrogens is 314 g/mol. The third kappa shape index (κ3) is 3.02. The summed E-state index contributed by atoms with van der Waals surface area (Å²) in [6.45, 7) is 1.35. The Morgan fingerprint density at radius 1 is 1.12 bits per heavy atom. The van der Waals surface area contributed by atoms with Crippen molar-refractivity contribution < 1.29 is 9.59 Å². The van der Waals surface area contributed by atoms with Gasteiger partial charge in [0.15, 0.2) is 0 Å². The highest BCUT2D eigenvalue weighted by Crippen LogP contribution is 2.39. The van der Waals surface area contributed by atoms with Crippen LogP contribution in [0.15, 0.2) is 54.9 Å². The summed E-state index contributed by atoms with van der Waals surface area (Å²) >= 11 is 0. The molecule has 2 aromatic rings. The first kappa shape index (κ1) is 15.8. The minimum absolute atomic E-state index is 0.0728. The topological polar surface area (TPSA) is 62.3 Å². The molecule has 0 bridgehead atoms. The van der Waals surface area contributed by atoms with Crippen LogP contribution in [0.25, 0.3) is 0 Å². The molecule has 0 radical (unpaired) electrons. The van der Waals surface area contributed by atoms with Crippen LogP contribution in [0.2, 0.25) is 0 Å². The average molecular weight is 335 g/mol. The molecule has 0 saturated carbocycles. The summed E-state index contributed by atoms with van der Waals surface area (Å²) in [5.41, 5.74) is 1.51. The summed E-state index contributed by atoms with van der Waals surface area (Å²) in [7, 11) is 0. The Hall–Kier alpha value is -2.69. The summed E-state index contributed by atoms with van der Waals surface area (Å²) in [5, 5.41) is 3.21. The van der Waals surface area contributed by atoms with E-state index in [4.69, 9.17) is 0 Å². The van der Waals surface area contributed by atoms with E-state index in [1.54, 1.807) is 12.4 Å². The number of aromatic nitrogens is 1. The summed E-state index contributed by atoms with van der Waals surface area (Å²) in [6.07, 6.45) is 5.88. The molecule has 2 aliphatic rings. The predicted molar refractivity (Wildman–Crippen MR) is 94.0 cm³/mol. The molecule has 0 unspecified atom stereocenters. The van der Waals surface area contributed by atoms with Crippen LogP contribution in [0.5, 0.6) is 0 Å². The Kier molecular flexibility index (Phi) is 3.99. The zero-order valence-corrected chi connectivity index (χ0v) is 14.0. The average Bonchev–Trinajstić information content (AvgIpc) is 2.99. The molecule has 5 heteroatoms. The Morgan fingerprint density at radius 3 is 2.56 bits per heavy atom. The van der Waals surface area contributed by atoms with Gasteiger partial charge in [0.05, 0.1) is 5.92 Å². The predicted octanol–water partition coefficient (Wildman–Crippen LogP) is 2.36. The maximum atomic E-state index is 12.6. The molecule has 25 heavy (non-hydrogen) atoms. The molecule has 2 aliphatic heterocycles. The highest BCUT2D eigenvalue weighted by molar-refractivity contribution is 5.94. The molecular formula is C20H21N3O2. The molecule has 4 rings (SSSR count). The Bertz CT molecular complexity index is 768. The zero-order valence-electron chi connectivity index (χ0n) is 14.0. The number of amides is 2. The standard InChI is InChI=1S/C20H21N3O2/c24-18-17(16-7-4-10-21-14-16)13-20(22-18)8-11-23(12-9-20)19(25)15-5-2-1-3-6-15/h1-7,10,14,17H,8-9,11-13H2,(H,22,24)/t17-/m0/s1. The molecule has 2 saturated heterocycles. The lowest BCUT2D eigenvalue weighted by Gasteiger charge is -2.39. The number of benzene rings is 1. The van der Waals surface area contributed by atoms with Crippen LogP contribution < -0.4 is 5.32 Å². The number of carbonyl (C=O) groups excluding carboxylic acids is 2.